The lowest BCUT2D eigenvalue weighted by Crippen LogP contribution is -2.45. The summed E-state index contributed by atoms with van der Waals surface area (Å²) in [5.41, 5.74) is -1.19. The number of aliphatic carboxylic acids is 1. The highest BCUT2D eigenvalue weighted by atomic mass is 79.9. The van der Waals surface area contributed by atoms with Crippen LogP contribution in [0.5, 0.6) is 0 Å². The van der Waals surface area contributed by atoms with Crippen molar-refractivity contribution in [3.63, 3.8) is 0 Å². The molecule has 1 unspecified atom stereocenters. The van der Waals surface area contributed by atoms with Crippen LogP contribution in [0.4, 0.5) is 0 Å². The van der Waals surface area contributed by atoms with E-state index in [9.17, 15) is 14.7 Å². The number of hydrogen-bond acceptors (Lipinski definition) is 3. The Balaban J connectivity index is 3.39. The fraction of sp³-hybridized carbons (Fsp3) is 0.429. The molecule has 0 radical (unpaired) electrons. The Bertz CT molecular complexity index is 472. The van der Waals surface area contributed by atoms with Crippen molar-refractivity contribution in [2.45, 2.75) is 32.1 Å². The highest BCUT2D eigenvalue weighted by Gasteiger charge is 2.48. The van der Waals surface area contributed by atoms with Gasteiger partial charge in [-0.25, -0.2) is 0 Å². The molecule has 5 heteroatoms. The van der Waals surface area contributed by atoms with Crippen LogP contribution >= 0.6 is 15.9 Å². The molecule has 0 fully saturated rings. The van der Waals surface area contributed by atoms with Gasteiger partial charge in [-0.05, 0) is 31.0 Å². The predicted octanol–water partition coefficient (Wildman–Crippen LogP) is 3.13. The first kappa shape index (κ1) is 15.7. The summed E-state index contributed by atoms with van der Waals surface area (Å²) in [6.45, 7) is 3.66. The van der Waals surface area contributed by atoms with Gasteiger partial charge in [-0.3, -0.25) is 9.59 Å². The molecule has 0 bridgehead atoms. The molecule has 0 heterocycles. The third-order valence-corrected chi connectivity index (χ3v) is 3.42. The number of carbonyl (C=O) groups excluding carboxylic acids is 1. The first-order chi connectivity index (χ1) is 8.98. The smallest absolute Gasteiger partial charge is 0.328 e. The highest BCUT2D eigenvalue weighted by molar-refractivity contribution is 9.10. The van der Waals surface area contributed by atoms with Crippen molar-refractivity contribution in [2.75, 3.05) is 6.61 Å². The number of esters is 1. The molecule has 0 spiro atoms. The summed E-state index contributed by atoms with van der Waals surface area (Å²) < 4.78 is 5.71. The van der Waals surface area contributed by atoms with E-state index in [1.807, 2.05) is 6.92 Å². The first-order valence-corrected chi connectivity index (χ1v) is 6.95. The van der Waals surface area contributed by atoms with Crippen LogP contribution in [0.25, 0.3) is 0 Å². The lowest BCUT2D eigenvalue weighted by atomic mass is 9.76. The van der Waals surface area contributed by atoms with Crippen LogP contribution in [0.3, 0.4) is 0 Å². The zero-order valence-electron chi connectivity index (χ0n) is 11.0. The molecule has 0 aliphatic rings. The number of carbonyl (C=O) groups is 2. The summed E-state index contributed by atoms with van der Waals surface area (Å²) >= 11 is 3.30. The molecule has 19 heavy (non-hydrogen) atoms. The lowest BCUT2D eigenvalue weighted by molar-refractivity contribution is -0.162. The summed E-state index contributed by atoms with van der Waals surface area (Å²) in [5, 5.41) is 9.58. The second kappa shape index (κ2) is 6.70. The van der Waals surface area contributed by atoms with Gasteiger partial charge >= 0.3 is 11.9 Å². The molecule has 4 nitrogen and oxygen atoms in total. The van der Waals surface area contributed by atoms with Crippen molar-refractivity contribution in [1.29, 1.82) is 0 Å². The molecular formula is C14H17BrO4. The Morgan fingerprint density at radius 3 is 2.53 bits per heavy atom. The van der Waals surface area contributed by atoms with Crippen molar-refractivity contribution in [3.05, 3.63) is 34.3 Å². The molecule has 0 aliphatic carbocycles. The number of rotatable bonds is 6. The Labute approximate surface area is 120 Å². The Kier molecular flexibility index (Phi) is 5.54. The summed E-state index contributed by atoms with van der Waals surface area (Å²) in [7, 11) is 0. The van der Waals surface area contributed by atoms with Crippen LogP contribution in [0.2, 0.25) is 0 Å². The van der Waals surface area contributed by atoms with Crippen LogP contribution in [-0.4, -0.2) is 23.7 Å². The molecule has 0 aliphatic heterocycles. The number of hydrogen-bond donors (Lipinski definition) is 1. The quantitative estimate of drug-likeness (QED) is 0.643. The molecular weight excluding hydrogens is 312 g/mol. The number of carboxylic acid groups (broad SMARTS) is 1. The summed E-state index contributed by atoms with van der Waals surface area (Å²) in [5.74, 6) is -1.88. The third-order valence-electron chi connectivity index (χ3n) is 2.93. The third kappa shape index (κ3) is 3.15. The Hall–Kier alpha value is -1.36. The van der Waals surface area contributed by atoms with E-state index in [0.717, 1.165) is 4.47 Å². The van der Waals surface area contributed by atoms with Crippen LogP contribution < -0.4 is 0 Å². The van der Waals surface area contributed by atoms with Crippen molar-refractivity contribution < 1.29 is 19.4 Å². The molecule has 1 rings (SSSR count). The van der Waals surface area contributed by atoms with Crippen LogP contribution in [-0.2, 0) is 19.7 Å². The molecule has 0 amide bonds. The highest BCUT2D eigenvalue weighted by Crippen LogP contribution is 2.33. The van der Waals surface area contributed by atoms with Gasteiger partial charge in [-0.2, -0.15) is 0 Å². The maximum absolute atomic E-state index is 12.2. The molecule has 0 aromatic heterocycles. The van der Waals surface area contributed by atoms with Gasteiger partial charge in [-0.1, -0.05) is 41.4 Å². The summed E-state index contributed by atoms with van der Waals surface area (Å²) in [6, 6.07) is 6.80. The van der Waals surface area contributed by atoms with Gasteiger partial charge in [0.15, 0.2) is 5.41 Å². The molecule has 1 aromatic carbocycles. The minimum Gasteiger partial charge on any atom is -0.480 e. The zero-order chi connectivity index (χ0) is 14.5. The molecule has 104 valence electrons. The van der Waals surface area contributed by atoms with Crippen molar-refractivity contribution in [3.8, 4) is 0 Å². The van der Waals surface area contributed by atoms with E-state index in [1.54, 1.807) is 31.2 Å². The zero-order valence-corrected chi connectivity index (χ0v) is 12.6. The minimum absolute atomic E-state index is 0.158. The number of carboxylic acids is 1. The molecule has 0 saturated heterocycles. The topological polar surface area (TPSA) is 63.6 Å². The van der Waals surface area contributed by atoms with E-state index in [0.29, 0.717) is 12.0 Å². The fourth-order valence-corrected chi connectivity index (χ4v) is 2.46. The standard InChI is InChI=1S/C14H17BrO4/c1-3-8-14(12(16)17,13(18)19-4-2)10-6-5-7-11(15)9-10/h5-7,9H,3-4,8H2,1-2H3,(H,16,17). The average molecular weight is 329 g/mol. The Morgan fingerprint density at radius 1 is 1.37 bits per heavy atom. The molecule has 0 saturated carbocycles. The van der Waals surface area contributed by atoms with Gasteiger partial charge in [0.1, 0.15) is 0 Å². The van der Waals surface area contributed by atoms with Crippen molar-refractivity contribution in [1.82, 2.24) is 0 Å². The van der Waals surface area contributed by atoms with Gasteiger partial charge in [0.2, 0.25) is 0 Å². The van der Waals surface area contributed by atoms with Gasteiger partial charge in [-0.15, -0.1) is 0 Å². The molecule has 1 aromatic rings. The predicted molar refractivity (Wildman–Crippen MR) is 75.0 cm³/mol. The largest absolute Gasteiger partial charge is 0.480 e. The van der Waals surface area contributed by atoms with E-state index < -0.39 is 17.4 Å². The number of halogens is 1. The average Bonchev–Trinajstić information content (AvgIpc) is 2.35. The van der Waals surface area contributed by atoms with Gasteiger partial charge in [0.25, 0.3) is 0 Å². The Morgan fingerprint density at radius 2 is 2.05 bits per heavy atom. The van der Waals surface area contributed by atoms with E-state index in [4.69, 9.17) is 4.74 Å². The van der Waals surface area contributed by atoms with E-state index in [-0.39, 0.29) is 13.0 Å². The minimum atomic E-state index is -1.63. The first-order valence-electron chi connectivity index (χ1n) is 6.15. The summed E-state index contributed by atoms with van der Waals surface area (Å²) in [6.07, 6.45) is 0.773. The van der Waals surface area contributed by atoms with Crippen molar-refractivity contribution in [2.24, 2.45) is 0 Å². The van der Waals surface area contributed by atoms with Gasteiger partial charge < -0.3 is 9.84 Å². The number of ether oxygens (including phenoxy) is 1. The number of benzene rings is 1. The normalized spacial score (nSPS) is 13.6. The maximum Gasteiger partial charge on any atom is 0.328 e. The monoisotopic (exact) mass is 328 g/mol. The van der Waals surface area contributed by atoms with Crippen molar-refractivity contribution >= 4 is 27.9 Å². The molecule has 1 N–H and O–H groups in total. The van der Waals surface area contributed by atoms with Crippen LogP contribution in [0, 0.1) is 0 Å². The fourth-order valence-electron chi connectivity index (χ4n) is 2.07. The van der Waals surface area contributed by atoms with E-state index >= 15 is 0 Å². The van der Waals surface area contributed by atoms with Crippen LogP contribution in [0.15, 0.2) is 28.7 Å². The van der Waals surface area contributed by atoms with Gasteiger partial charge in [0.05, 0.1) is 6.61 Å². The van der Waals surface area contributed by atoms with Gasteiger partial charge in [0, 0.05) is 4.47 Å². The maximum atomic E-state index is 12.2. The van der Waals surface area contributed by atoms with Crippen LogP contribution in [0.1, 0.15) is 32.3 Å². The second-order valence-corrected chi connectivity index (χ2v) is 5.11. The molecule has 1 atom stereocenters. The SMILES string of the molecule is CCCC(C(=O)O)(C(=O)OCC)c1cccc(Br)c1. The second-order valence-electron chi connectivity index (χ2n) is 4.19. The summed E-state index contributed by atoms with van der Waals surface area (Å²) in [4.78, 5) is 23.9. The van der Waals surface area contributed by atoms with E-state index in [1.165, 1.54) is 0 Å². The van der Waals surface area contributed by atoms with E-state index in [2.05, 4.69) is 15.9 Å². The lowest BCUT2D eigenvalue weighted by Gasteiger charge is -2.27.